The van der Waals surface area contributed by atoms with Crippen molar-refractivity contribution in [3.05, 3.63) is 53.1 Å². The van der Waals surface area contributed by atoms with Crippen molar-refractivity contribution in [1.29, 1.82) is 0 Å². The van der Waals surface area contributed by atoms with Crippen molar-refractivity contribution < 1.29 is 28.8 Å². The lowest BCUT2D eigenvalue weighted by molar-refractivity contribution is -0.224. The summed E-state index contributed by atoms with van der Waals surface area (Å²) in [6.07, 6.45) is 14.6. The molecule has 1 aromatic rings. The normalized spacial score (nSPS) is 39.1. The number of carbonyl (C=O) groups is 3. The first-order valence-electron chi connectivity index (χ1n) is 21.3. The first kappa shape index (κ1) is 40.5. The molecule has 7 rings (SSSR count). The minimum absolute atomic E-state index is 0.0664. The third-order valence-corrected chi connectivity index (χ3v) is 19.5. The van der Waals surface area contributed by atoms with Crippen molar-refractivity contribution in [2.45, 2.75) is 119 Å². The Morgan fingerprint density at radius 3 is 2.20 bits per heavy atom. The summed E-state index contributed by atoms with van der Waals surface area (Å²) >= 11 is 0. The molecule has 5 aliphatic carbocycles. The van der Waals surface area contributed by atoms with Crippen LogP contribution in [0.1, 0.15) is 145 Å². The number of carboxylic acids is 2. The summed E-state index contributed by atoms with van der Waals surface area (Å²) in [7, 11) is -1.90. The number of carboxylic acid groups (broad SMARTS) is 2. The van der Waals surface area contributed by atoms with Gasteiger partial charge in [-0.2, -0.15) is 0 Å². The number of carbonyl (C=O) groups excluding carboxylic acids is 1. The highest BCUT2D eigenvalue weighted by molar-refractivity contribution is 8.00. The minimum Gasteiger partial charge on any atom is -0.478 e. The van der Waals surface area contributed by atoms with E-state index in [2.05, 4.69) is 65.0 Å². The third-order valence-electron chi connectivity index (χ3n) is 17.7. The van der Waals surface area contributed by atoms with Gasteiger partial charge in [0.15, 0.2) is 0 Å². The Balaban J connectivity index is 1.13. The molecular weight excluding hydrogens is 707 g/mol. The van der Waals surface area contributed by atoms with Gasteiger partial charge in [-0.1, -0.05) is 58.9 Å². The molecule has 1 aliphatic heterocycles. The summed E-state index contributed by atoms with van der Waals surface area (Å²) in [6.45, 7) is 21.9. The fraction of sp³-hybridized carbons (Fsp3) is 0.702. The zero-order chi connectivity index (χ0) is 39.9. The number of fused-ring (bicyclic) bond motifs is 7. The molecule has 0 amide bonds. The van der Waals surface area contributed by atoms with Crippen molar-refractivity contribution in [3.63, 3.8) is 0 Å². The number of hydrogen-bond acceptors (Lipinski definition) is 5. The van der Waals surface area contributed by atoms with Crippen LogP contribution < -0.4 is 0 Å². The summed E-state index contributed by atoms with van der Waals surface area (Å²) in [4.78, 5) is 41.0. The van der Waals surface area contributed by atoms with Gasteiger partial charge in [0.1, 0.15) is 5.78 Å². The van der Waals surface area contributed by atoms with E-state index in [1.165, 1.54) is 18.1 Å². The van der Waals surface area contributed by atoms with E-state index in [1.54, 1.807) is 12.1 Å². The number of benzene rings is 1. The van der Waals surface area contributed by atoms with Gasteiger partial charge in [-0.15, -0.1) is 0 Å². The van der Waals surface area contributed by atoms with Crippen LogP contribution in [0.15, 0.2) is 36.4 Å². The second kappa shape index (κ2) is 14.0. The maximum absolute atomic E-state index is 14.7. The molecule has 4 saturated carbocycles. The first-order valence-corrected chi connectivity index (χ1v) is 23.3. The van der Waals surface area contributed by atoms with E-state index in [9.17, 15) is 28.8 Å². The number of allylic oxidation sites excluding steroid dienone is 3. The lowest BCUT2D eigenvalue weighted by Gasteiger charge is -2.72. The van der Waals surface area contributed by atoms with E-state index in [0.29, 0.717) is 53.3 Å². The monoisotopic (exact) mass is 773 g/mol. The van der Waals surface area contributed by atoms with Gasteiger partial charge in [0.05, 0.1) is 11.1 Å². The number of unbranched alkanes of at least 4 members (excludes halogenated alkanes) is 1. The molecule has 55 heavy (non-hydrogen) atoms. The van der Waals surface area contributed by atoms with E-state index in [4.69, 9.17) is 0 Å². The molecule has 0 radical (unpaired) electrons. The lowest BCUT2D eigenvalue weighted by atomic mass is 9.32. The average molecular weight is 774 g/mol. The highest BCUT2D eigenvalue weighted by atomic mass is 32.2. The van der Waals surface area contributed by atoms with Crippen molar-refractivity contribution in [2.24, 2.45) is 56.7 Å². The van der Waals surface area contributed by atoms with Crippen LogP contribution in [0.2, 0.25) is 0 Å². The van der Waals surface area contributed by atoms with Crippen molar-refractivity contribution in [1.82, 2.24) is 4.90 Å². The maximum atomic E-state index is 14.7. The standard InChI is InChI=1S/C47H67NO6S/c1-30(2)32-16-21-47(39(49)11-9-10-24-48-25-27-55(8,54)28-26-48)23-22-45(6)36(40(32)47)14-15-38-44(5)19-17-35(43(3,4)37(44)18-20-46(38,45)7)31-12-13-33(41(50)51)34(29-31)42(52)53/h12-13,17,29,32,36-38,40H,1,8-11,14-16,18-28H2,2-7H3,(H,50,51)(H,52,53)/t32-,36+,37-,38+,40+,44-,45+,46+,47+/m0/s1. The van der Waals surface area contributed by atoms with Gasteiger partial charge in [0.25, 0.3) is 0 Å². The Labute approximate surface area is 330 Å². The molecule has 1 saturated heterocycles. The molecular formula is C47H67NO6S. The van der Waals surface area contributed by atoms with Crippen molar-refractivity contribution in [3.8, 4) is 0 Å². The molecule has 0 bridgehead atoms. The summed E-state index contributed by atoms with van der Waals surface area (Å²) in [5.41, 5.74) is 2.73. The molecule has 6 aliphatic rings. The van der Waals surface area contributed by atoms with Crippen LogP contribution in [0.4, 0.5) is 0 Å². The number of ketones is 1. The number of nitrogens with zero attached hydrogens (tertiary/aromatic N) is 1. The van der Waals surface area contributed by atoms with Gasteiger partial charge in [-0.25, -0.2) is 9.59 Å². The highest BCUT2D eigenvalue weighted by Gasteiger charge is 2.71. The van der Waals surface area contributed by atoms with E-state index < -0.39 is 21.5 Å². The third kappa shape index (κ3) is 6.33. The van der Waals surface area contributed by atoms with E-state index in [1.807, 2.05) is 0 Å². The molecule has 1 aromatic carbocycles. The minimum atomic E-state index is -1.90. The van der Waals surface area contributed by atoms with Crippen LogP contribution in [-0.4, -0.2) is 74.1 Å². The molecule has 1 heterocycles. The van der Waals surface area contributed by atoms with E-state index in [0.717, 1.165) is 95.0 Å². The Kier molecular flexibility index (Phi) is 10.3. The van der Waals surface area contributed by atoms with Gasteiger partial charge >= 0.3 is 11.9 Å². The van der Waals surface area contributed by atoms with Gasteiger partial charge < -0.3 is 15.1 Å². The zero-order valence-electron chi connectivity index (χ0n) is 34.5. The molecule has 0 unspecified atom stereocenters. The predicted molar refractivity (Wildman–Crippen MR) is 223 cm³/mol. The Morgan fingerprint density at radius 2 is 1.55 bits per heavy atom. The lowest BCUT2D eigenvalue weighted by Crippen LogP contribution is -2.65. The SMILES string of the molecule is C=C(C)[C@@H]1CC[C@]2(C(=O)CCCCN3CCS(=C)(=O)CC3)CC[C@]3(C)[C@H](CC[C@@H]4[C@@]5(C)CC=C(c6ccc(C(=O)O)c(C(=O)O)c6)C(C)(C)[C@@H]5CC[C@]43C)[C@@H]12. The first-order chi connectivity index (χ1) is 25.7. The fourth-order valence-electron chi connectivity index (χ4n) is 14.7. The van der Waals surface area contributed by atoms with Crippen molar-refractivity contribution in [2.75, 3.05) is 31.1 Å². The number of hydrogen-bond donors (Lipinski definition) is 2. The summed E-state index contributed by atoms with van der Waals surface area (Å²) < 4.78 is 12.3. The Morgan fingerprint density at radius 1 is 0.855 bits per heavy atom. The molecule has 9 atom stereocenters. The zero-order valence-corrected chi connectivity index (χ0v) is 35.3. The van der Waals surface area contributed by atoms with Crippen LogP contribution in [-0.2, 0) is 14.3 Å². The largest absolute Gasteiger partial charge is 0.478 e. The topological polar surface area (TPSA) is 112 Å². The molecule has 5 fully saturated rings. The number of Topliss-reactive ketones (excluding diaryl/α,β-unsaturated/α-hetero) is 1. The Bertz CT molecular complexity index is 1900. The number of aromatic carboxylic acids is 2. The van der Waals surface area contributed by atoms with Crippen LogP contribution in [0.5, 0.6) is 0 Å². The summed E-state index contributed by atoms with van der Waals surface area (Å²) in [5, 5.41) is 19.6. The van der Waals surface area contributed by atoms with E-state index in [-0.39, 0.29) is 38.2 Å². The smallest absolute Gasteiger partial charge is 0.336 e. The van der Waals surface area contributed by atoms with Gasteiger partial charge in [-0.3, -0.25) is 9.00 Å². The molecule has 8 heteroatoms. The second-order valence-corrected chi connectivity index (χ2v) is 23.1. The predicted octanol–water partition coefficient (Wildman–Crippen LogP) is 9.51. The fourth-order valence-corrected chi connectivity index (χ4v) is 16.1. The van der Waals surface area contributed by atoms with Crippen LogP contribution in [0, 0.1) is 56.7 Å². The molecule has 7 nitrogen and oxygen atoms in total. The molecule has 302 valence electrons. The molecule has 2 N–H and O–H groups in total. The van der Waals surface area contributed by atoms with E-state index >= 15 is 0 Å². The quantitative estimate of drug-likeness (QED) is 0.138. The average Bonchev–Trinajstić information content (AvgIpc) is 3.52. The number of rotatable bonds is 10. The van der Waals surface area contributed by atoms with Crippen LogP contribution in [0.3, 0.4) is 0 Å². The van der Waals surface area contributed by atoms with Crippen molar-refractivity contribution >= 4 is 38.7 Å². The second-order valence-electron chi connectivity index (χ2n) is 20.4. The van der Waals surface area contributed by atoms with Gasteiger partial charge in [-0.05, 0) is 174 Å². The van der Waals surface area contributed by atoms with Gasteiger partial charge in [0, 0.05) is 36.4 Å². The maximum Gasteiger partial charge on any atom is 0.336 e. The molecule has 0 spiro atoms. The summed E-state index contributed by atoms with van der Waals surface area (Å²) in [6, 6.07) is 4.84. The Hall–Kier alpha value is -2.71. The van der Waals surface area contributed by atoms with Crippen LogP contribution in [0.25, 0.3) is 5.57 Å². The van der Waals surface area contributed by atoms with Crippen LogP contribution >= 0.6 is 0 Å². The van der Waals surface area contributed by atoms with Gasteiger partial charge in [0.2, 0.25) is 0 Å². The molecule has 0 aromatic heterocycles. The summed E-state index contributed by atoms with van der Waals surface area (Å²) in [5.74, 6) is 5.55. The highest BCUT2D eigenvalue weighted by Crippen LogP contribution is 2.78.